The number of halogens is 3. The Labute approximate surface area is 127 Å². The molecule has 2 rings (SSSR count). The van der Waals surface area contributed by atoms with Crippen LogP contribution in [-0.4, -0.2) is 38.1 Å². The van der Waals surface area contributed by atoms with Gasteiger partial charge < -0.3 is 15.5 Å². The van der Waals surface area contributed by atoms with Crippen LogP contribution in [0.2, 0.25) is 0 Å². The molecule has 122 valence electrons. The predicted octanol–water partition coefficient (Wildman–Crippen LogP) is 2.67. The average Bonchev–Trinajstić information content (AvgIpc) is 2.45. The van der Waals surface area contributed by atoms with Gasteiger partial charge in [-0.05, 0) is 43.5 Å². The summed E-state index contributed by atoms with van der Waals surface area (Å²) in [6.07, 6.45) is -0.898. The Kier molecular flexibility index (Phi) is 5.51. The van der Waals surface area contributed by atoms with Gasteiger partial charge in [-0.3, -0.25) is 0 Å². The van der Waals surface area contributed by atoms with E-state index in [1.54, 1.807) is 6.07 Å². The highest BCUT2D eigenvalue weighted by Crippen LogP contribution is 2.24. The third-order valence-electron chi connectivity index (χ3n) is 3.67. The first-order valence-corrected chi connectivity index (χ1v) is 7.29. The fourth-order valence-corrected chi connectivity index (χ4v) is 2.69. The minimum atomic E-state index is -2.56. The van der Waals surface area contributed by atoms with Crippen LogP contribution in [0.15, 0.2) is 18.2 Å². The van der Waals surface area contributed by atoms with E-state index in [1.807, 2.05) is 6.92 Å². The average molecular weight is 315 g/mol. The fraction of sp³-hybridized carbons (Fsp3) is 0.533. The lowest BCUT2D eigenvalue weighted by atomic mass is 10.0. The lowest BCUT2D eigenvalue weighted by Gasteiger charge is -2.35. The molecule has 1 heterocycles. The number of carbonyl (C=O) groups excluding carboxylic acids is 1. The number of piperidine rings is 1. The van der Waals surface area contributed by atoms with Gasteiger partial charge in [-0.25, -0.2) is 18.0 Å². The maximum atomic E-state index is 13.2. The molecule has 0 aromatic heterocycles. The first kappa shape index (κ1) is 16.5. The zero-order valence-corrected chi connectivity index (χ0v) is 12.4. The maximum Gasteiger partial charge on any atom is 0.315 e. The summed E-state index contributed by atoms with van der Waals surface area (Å²) in [5.41, 5.74) is 1.77. The van der Waals surface area contributed by atoms with Crippen molar-refractivity contribution in [2.75, 3.05) is 24.5 Å². The van der Waals surface area contributed by atoms with Crippen LogP contribution < -0.4 is 15.5 Å². The van der Waals surface area contributed by atoms with Gasteiger partial charge >= 0.3 is 6.03 Å². The van der Waals surface area contributed by atoms with Crippen molar-refractivity contribution in [2.45, 2.75) is 32.2 Å². The van der Waals surface area contributed by atoms with Crippen LogP contribution in [0.5, 0.6) is 0 Å². The molecular weight excluding hydrogens is 295 g/mol. The van der Waals surface area contributed by atoms with E-state index in [4.69, 9.17) is 0 Å². The second kappa shape index (κ2) is 7.38. The summed E-state index contributed by atoms with van der Waals surface area (Å²) < 4.78 is 37.3. The molecule has 22 heavy (non-hydrogen) atoms. The van der Waals surface area contributed by atoms with Gasteiger partial charge in [0.05, 0.1) is 6.54 Å². The van der Waals surface area contributed by atoms with Crippen molar-refractivity contribution in [1.29, 1.82) is 0 Å². The lowest BCUT2D eigenvalue weighted by molar-refractivity contribution is 0.146. The third kappa shape index (κ3) is 4.54. The second-order valence-electron chi connectivity index (χ2n) is 5.46. The number of hydrogen-bond donors (Lipinski definition) is 2. The molecule has 0 saturated carbocycles. The number of hydrogen-bond acceptors (Lipinski definition) is 2. The van der Waals surface area contributed by atoms with E-state index in [1.165, 1.54) is 12.1 Å². The molecule has 1 aromatic carbocycles. The van der Waals surface area contributed by atoms with Crippen LogP contribution in [0, 0.1) is 12.7 Å². The first-order chi connectivity index (χ1) is 10.5. The van der Waals surface area contributed by atoms with Crippen molar-refractivity contribution in [3.63, 3.8) is 0 Å². The van der Waals surface area contributed by atoms with Crippen LogP contribution in [0.1, 0.15) is 18.4 Å². The highest BCUT2D eigenvalue weighted by atomic mass is 19.3. The van der Waals surface area contributed by atoms with Crippen molar-refractivity contribution >= 4 is 11.7 Å². The highest BCUT2D eigenvalue weighted by molar-refractivity contribution is 5.74. The number of carbonyl (C=O) groups is 1. The number of benzene rings is 1. The van der Waals surface area contributed by atoms with Gasteiger partial charge in [-0.15, -0.1) is 0 Å². The van der Waals surface area contributed by atoms with E-state index < -0.39 is 19.0 Å². The maximum absolute atomic E-state index is 13.2. The molecule has 0 radical (unpaired) electrons. The zero-order valence-electron chi connectivity index (χ0n) is 12.4. The molecule has 7 heteroatoms. The van der Waals surface area contributed by atoms with Crippen molar-refractivity contribution < 1.29 is 18.0 Å². The normalized spacial score (nSPS) is 18.4. The quantitative estimate of drug-likeness (QED) is 0.897. The van der Waals surface area contributed by atoms with E-state index >= 15 is 0 Å². The molecule has 2 amide bonds. The van der Waals surface area contributed by atoms with Crippen molar-refractivity contribution in [1.82, 2.24) is 10.6 Å². The minimum absolute atomic E-state index is 0.115. The number of amides is 2. The molecule has 2 N–H and O–H groups in total. The molecule has 0 spiro atoms. The molecule has 1 aromatic rings. The van der Waals surface area contributed by atoms with Gasteiger partial charge in [0, 0.05) is 24.8 Å². The van der Waals surface area contributed by atoms with Crippen molar-refractivity contribution in [3.8, 4) is 0 Å². The summed E-state index contributed by atoms with van der Waals surface area (Å²) in [6.45, 7) is 2.59. The zero-order chi connectivity index (χ0) is 16.1. The Morgan fingerprint density at radius 2 is 2.23 bits per heavy atom. The molecule has 1 atom stereocenters. The van der Waals surface area contributed by atoms with E-state index in [-0.39, 0.29) is 11.9 Å². The minimum Gasteiger partial charge on any atom is -0.369 e. The van der Waals surface area contributed by atoms with Gasteiger partial charge in [-0.1, -0.05) is 0 Å². The number of urea groups is 1. The smallest absolute Gasteiger partial charge is 0.315 e. The van der Waals surface area contributed by atoms with Gasteiger partial charge in [0.2, 0.25) is 0 Å². The summed E-state index contributed by atoms with van der Waals surface area (Å²) in [5, 5.41) is 4.84. The summed E-state index contributed by atoms with van der Waals surface area (Å²) in [7, 11) is 0. The standard InChI is InChI=1S/C15H20F3N3O/c1-10-7-11(16)4-5-13(10)21-6-2-3-12(9-21)20-15(22)19-8-14(17)18/h4-5,7,12,14H,2-3,6,8-9H2,1H3,(H2,19,20,22). The number of nitrogens with zero attached hydrogens (tertiary/aromatic N) is 1. The number of rotatable bonds is 4. The van der Waals surface area contributed by atoms with Crippen LogP contribution in [-0.2, 0) is 0 Å². The van der Waals surface area contributed by atoms with Crippen LogP contribution in [0.3, 0.4) is 0 Å². The topological polar surface area (TPSA) is 44.4 Å². The fourth-order valence-electron chi connectivity index (χ4n) is 2.69. The van der Waals surface area contributed by atoms with E-state index in [2.05, 4.69) is 15.5 Å². The van der Waals surface area contributed by atoms with E-state index in [0.29, 0.717) is 6.54 Å². The Morgan fingerprint density at radius 3 is 2.91 bits per heavy atom. The monoisotopic (exact) mass is 315 g/mol. The largest absolute Gasteiger partial charge is 0.369 e. The molecule has 0 aliphatic carbocycles. The van der Waals surface area contributed by atoms with Crippen molar-refractivity contribution in [3.05, 3.63) is 29.6 Å². The molecule has 1 aliphatic heterocycles. The van der Waals surface area contributed by atoms with Gasteiger partial charge in [0.15, 0.2) is 0 Å². The molecule has 1 aliphatic rings. The Morgan fingerprint density at radius 1 is 1.45 bits per heavy atom. The Balaban J connectivity index is 1.92. The van der Waals surface area contributed by atoms with Gasteiger partial charge in [0.25, 0.3) is 6.43 Å². The summed E-state index contributed by atoms with van der Waals surface area (Å²) in [6, 6.07) is 3.92. The molecule has 1 saturated heterocycles. The summed E-state index contributed by atoms with van der Waals surface area (Å²) in [4.78, 5) is 13.6. The second-order valence-corrected chi connectivity index (χ2v) is 5.46. The Hall–Kier alpha value is -1.92. The predicted molar refractivity (Wildman–Crippen MR) is 78.9 cm³/mol. The van der Waals surface area contributed by atoms with E-state index in [0.717, 1.165) is 30.6 Å². The SMILES string of the molecule is Cc1cc(F)ccc1N1CCCC(NC(=O)NCC(F)F)C1. The molecule has 0 bridgehead atoms. The number of alkyl halides is 2. The molecule has 1 fully saturated rings. The summed E-state index contributed by atoms with van der Waals surface area (Å²) in [5.74, 6) is -0.278. The van der Waals surface area contributed by atoms with Gasteiger partial charge in [0.1, 0.15) is 5.82 Å². The van der Waals surface area contributed by atoms with Gasteiger partial charge in [-0.2, -0.15) is 0 Å². The van der Waals surface area contributed by atoms with E-state index in [9.17, 15) is 18.0 Å². The van der Waals surface area contributed by atoms with Crippen LogP contribution >= 0.6 is 0 Å². The molecule has 1 unspecified atom stereocenters. The molecular formula is C15H20F3N3O. The molecule has 4 nitrogen and oxygen atoms in total. The lowest BCUT2D eigenvalue weighted by Crippen LogP contribution is -2.51. The number of nitrogens with one attached hydrogen (secondary N) is 2. The first-order valence-electron chi connectivity index (χ1n) is 7.29. The summed E-state index contributed by atoms with van der Waals surface area (Å²) >= 11 is 0. The number of anilines is 1. The van der Waals surface area contributed by atoms with Crippen LogP contribution in [0.25, 0.3) is 0 Å². The van der Waals surface area contributed by atoms with Crippen LogP contribution in [0.4, 0.5) is 23.7 Å². The van der Waals surface area contributed by atoms with Crippen molar-refractivity contribution in [2.24, 2.45) is 0 Å². The highest BCUT2D eigenvalue weighted by Gasteiger charge is 2.22. The Bertz CT molecular complexity index is 525. The third-order valence-corrected chi connectivity index (χ3v) is 3.67. The number of aryl methyl sites for hydroxylation is 1.